The predicted octanol–water partition coefficient (Wildman–Crippen LogP) is -1.32. The van der Waals surface area contributed by atoms with E-state index in [1.54, 1.807) is 0 Å². The number of aliphatic carboxylic acids is 1. The van der Waals surface area contributed by atoms with Gasteiger partial charge in [-0.15, -0.1) is 0 Å². The fraction of sp³-hybridized carbons (Fsp3) is 0.700. The average Bonchev–Trinajstić information content (AvgIpc) is 2.28. The number of carbonyl (C=O) groups excluding carboxylic acids is 2. The Bertz CT molecular complexity index is 313. The third-order valence-corrected chi connectivity index (χ3v) is 2.06. The largest absolute Gasteiger partial charge is 0.479 e. The van der Waals surface area contributed by atoms with Gasteiger partial charge >= 0.3 is 17.9 Å². The average molecular weight is 264 g/mol. The minimum Gasteiger partial charge on any atom is -0.479 e. The Labute approximate surface area is 103 Å². The van der Waals surface area contributed by atoms with Gasteiger partial charge in [-0.2, -0.15) is 0 Å². The van der Waals surface area contributed by atoms with Crippen molar-refractivity contribution < 1.29 is 39.2 Å². The number of esters is 2. The van der Waals surface area contributed by atoms with Crippen molar-refractivity contribution in [1.82, 2.24) is 0 Å². The Hall–Kier alpha value is -1.67. The maximum absolute atomic E-state index is 11.2. The first-order valence-corrected chi connectivity index (χ1v) is 5.15. The quantitative estimate of drug-likeness (QED) is 0.363. The summed E-state index contributed by atoms with van der Waals surface area (Å²) in [5, 5.41) is 26.9. The molecule has 0 aliphatic heterocycles. The molecule has 8 heteroatoms. The van der Waals surface area contributed by atoms with Crippen molar-refractivity contribution in [3.63, 3.8) is 0 Å². The van der Waals surface area contributed by atoms with Crippen LogP contribution in [0.4, 0.5) is 0 Å². The minimum absolute atomic E-state index is 0.0940. The number of rotatable bonds is 8. The Morgan fingerprint density at radius 1 is 1.17 bits per heavy atom. The van der Waals surface area contributed by atoms with E-state index in [1.165, 1.54) is 0 Å². The van der Waals surface area contributed by atoms with Gasteiger partial charge in [-0.25, -0.2) is 4.79 Å². The molecule has 104 valence electrons. The molecule has 0 aromatic rings. The van der Waals surface area contributed by atoms with E-state index in [2.05, 4.69) is 9.47 Å². The number of carbonyl (C=O) groups is 3. The van der Waals surface area contributed by atoms with Crippen molar-refractivity contribution in [2.45, 2.75) is 24.9 Å². The SMILES string of the molecule is COC(=O)CC(O)(CC(=O)OCCCO)C(=O)O. The molecule has 0 spiro atoms. The number of hydrogen-bond donors (Lipinski definition) is 3. The molecule has 0 rings (SSSR count). The molecule has 0 aliphatic rings. The fourth-order valence-corrected chi connectivity index (χ4v) is 1.07. The summed E-state index contributed by atoms with van der Waals surface area (Å²) in [6.45, 7) is -0.276. The molecule has 0 amide bonds. The molecule has 0 saturated carbocycles. The van der Waals surface area contributed by atoms with Crippen molar-refractivity contribution in [3.05, 3.63) is 0 Å². The second-order valence-corrected chi connectivity index (χ2v) is 3.56. The predicted molar refractivity (Wildman–Crippen MR) is 56.5 cm³/mol. The number of carboxylic acids is 1. The van der Waals surface area contributed by atoms with Gasteiger partial charge in [0.2, 0.25) is 0 Å². The normalized spacial score (nSPS) is 13.5. The van der Waals surface area contributed by atoms with Crippen molar-refractivity contribution in [1.29, 1.82) is 0 Å². The lowest BCUT2D eigenvalue weighted by Gasteiger charge is -2.20. The van der Waals surface area contributed by atoms with Crippen LogP contribution in [-0.4, -0.2) is 59.2 Å². The molecule has 0 fully saturated rings. The van der Waals surface area contributed by atoms with E-state index in [-0.39, 0.29) is 19.6 Å². The van der Waals surface area contributed by atoms with Crippen LogP contribution in [0.1, 0.15) is 19.3 Å². The molecule has 0 aliphatic carbocycles. The van der Waals surface area contributed by atoms with Crippen LogP contribution in [-0.2, 0) is 23.9 Å². The first-order chi connectivity index (χ1) is 8.35. The van der Waals surface area contributed by atoms with Crippen molar-refractivity contribution in [2.75, 3.05) is 20.3 Å². The van der Waals surface area contributed by atoms with Gasteiger partial charge in [-0.3, -0.25) is 9.59 Å². The van der Waals surface area contributed by atoms with E-state index in [0.29, 0.717) is 0 Å². The molecule has 0 bridgehead atoms. The maximum Gasteiger partial charge on any atom is 0.336 e. The zero-order chi connectivity index (χ0) is 14.2. The molecule has 0 radical (unpaired) electrons. The highest BCUT2D eigenvalue weighted by molar-refractivity contribution is 5.88. The van der Waals surface area contributed by atoms with E-state index in [4.69, 9.17) is 10.2 Å². The van der Waals surface area contributed by atoms with Gasteiger partial charge in [0.05, 0.1) is 26.6 Å². The Morgan fingerprint density at radius 3 is 2.17 bits per heavy atom. The standard InChI is InChI=1S/C10H16O8/c1-17-7(12)5-10(16,9(14)15)6-8(13)18-4-2-3-11/h11,16H,2-6H2,1H3,(H,14,15). The van der Waals surface area contributed by atoms with Gasteiger partial charge in [0.25, 0.3) is 0 Å². The highest BCUT2D eigenvalue weighted by atomic mass is 16.5. The van der Waals surface area contributed by atoms with Crippen LogP contribution >= 0.6 is 0 Å². The van der Waals surface area contributed by atoms with Crippen LogP contribution in [0.25, 0.3) is 0 Å². The molecule has 1 unspecified atom stereocenters. The first kappa shape index (κ1) is 16.3. The van der Waals surface area contributed by atoms with E-state index in [1.807, 2.05) is 0 Å². The monoisotopic (exact) mass is 264 g/mol. The van der Waals surface area contributed by atoms with Gasteiger partial charge in [-0.1, -0.05) is 0 Å². The molecule has 18 heavy (non-hydrogen) atoms. The highest BCUT2D eigenvalue weighted by Gasteiger charge is 2.41. The van der Waals surface area contributed by atoms with Crippen LogP contribution < -0.4 is 0 Å². The lowest BCUT2D eigenvalue weighted by Crippen LogP contribution is -2.43. The lowest BCUT2D eigenvalue weighted by molar-refractivity contribution is -0.172. The van der Waals surface area contributed by atoms with Gasteiger partial charge in [-0.05, 0) is 0 Å². The second kappa shape index (κ2) is 7.62. The van der Waals surface area contributed by atoms with Crippen LogP contribution in [0.2, 0.25) is 0 Å². The van der Waals surface area contributed by atoms with Crippen LogP contribution in [0, 0.1) is 0 Å². The van der Waals surface area contributed by atoms with Gasteiger partial charge in [0.1, 0.15) is 0 Å². The zero-order valence-electron chi connectivity index (χ0n) is 9.92. The van der Waals surface area contributed by atoms with E-state index < -0.39 is 36.4 Å². The van der Waals surface area contributed by atoms with Gasteiger partial charge < -0.3 is 24.8 Å². The summed E-state index contributed by atoms with van der Waals surface area (Å²) in [7, 11) is 1.03. The number of carboxylic acid groups (broad SMARTS) is 1. The summed E-state index contributed by atoms with van der Waals surface area (Å²) < 4.78 is 8.80. The summed E-state index contributed by atoms with van der Waals surface area (Å²) in [6, 6.07) is 0. The molecular weight excluding hydrogens is 248 g/mol. The summed E-state index contributed by atoms with van der Waals surface area (Å²) in [5.74, 6) is -3.65. The smallest absolute Gasteiger partial charge is 0.336 e. The minimum atomic E-state index is -2.55. The van der Waals surface area contributed by atoms with E-state index in [9.17, 15) is 19.5 Å². The number of aliphatic hydroxyl groups is 2. The van der Waals surface area contributed by atoms with Crippen LogP contribution in [0.5, 0.6) is 0 Å². The lowest BCUT2D eigenvalue weighted by atomic mass is 9.96. The molecule has 3 N–H and O–H groups in total. The molecule has 8 nitrogen and oxygen atoms in total. The summed E-state index contributed by atoms with van der Waals surface area (Å²) in [4.78, 5) is 33.0. The van der Waals surface area contributed by atoms with Crippen LogP contribution in [0.15, 0.2) is 0 Å². The third-order valence-electron chi connectivity index (χ3n) is 2.06. The molecular formula is C10H16O8. The molecule has 0 aromatic carbocycles. The summed E-state index contributed by atoms with van der Waals surface area (Å²) in [6.07, 6.45) is -1.52. The Kier molecular flexibility index (Phi) is 6.91. The molecule has 0 heterocycles. The van der Waals surface area contributed by atoms with Gasteiger partial charge in [0, 0.05) is 13.0 Å². The molecule has 0 saturated heterocycles. The third kappa shape index (κ3) is 5.60. The van der Waals surface area contributed by atoms with E-state index in [0.717, 1.165) is 7.11 Å². The van der Waals surface area contributed by atoms with Crippen molar-refractivity contribution >= 4 is 17.9 Å². The van der Waals surface area contributed by atoms with Crippen molar-refractivity contribution in [3.8, 4) is 0 Å². The Balaban J connectivity index is 4.47. The summed E-state index contributed by atoms with van der Waals surface area (Å²) in [5.41, 5.74) is -2.55. The molecule has 1 atom stereocenters. The number of methoxy groups -OCH3 is 1. The van der Waals surface area contributed by atoms with Crippen LogP contribution in [0.3, 0.4) is 0 Å². The van der Waals surface area contributed by atoms with Gasteiger partial charge in [0.15, 0.2) is 5.60 Å². The van der Waals surface area contributed by atoms with Crippen molar-refractivity contribution in [2.24, 2.45) is 0 Å². The zero-order valence-corrected chi connectivity index (χ0v) is 9.92. The first-order valence-electron chi connectivity index (χ1n) is 5.15. The fourth-order valence-electron chi connectivity index (χ4n) is 1.07. The second-order valence-electron chi connectivity index (χ2n) is 3.56. The topological polar surface area (TPSA) is 130 Å². The molecule has 0 aromatic heterocycles. The highest BCUT2D eigenvalue weighted by Crippen LogP contribution is 2.17. The number of aliphatic hydroxyl groups excluding tert-OH is 1. The van der Waals surface area contributed by atoms with E-state index >= 15 is 0 Å². The summed E-state index contributed by atoms with van der Waals surface area (Å²) >= 11 is 0. The Morgan fingerprint density at radius 2 is 1.72 bits per heavy atom. The maximum atomic E-state index is 11.2. The number of hydrogen-bond acceptors (Lipinski definition) is 7. The number of ether oxygens (including phenoxy) is 2.